The van der Waals surface area contributed by atoms with Gasteiger partial charge in [-0.3, -0.25) is 0 Å². The molecule has 1 aromatic rings. The monoisotopic (exact) mass is 208 g/mol. The molecule has 0 amide bonds. The summed E-state index contributed by atoms with van der Waals surface area (Å²) in [6.45, 7) is 6.09. The molecular weight excluding hydrogens is 188 g/mol. The Hall–Kier alpha value is -1.02. The van der Waals surface area contributed by atoms with Crippen LogP contribution in [0.1, 0.15) is 42.6 Å². The normalized spacial score (nSPS) is 12.6. The highest BCUT2D eigenvalue weighted by Crippen LogP contribution is 2.28. The predicted octanol–water partition coefficient (Wildman–Crippen LogP) is 3.15. The number of benzene rings is 1. The van der Waals surface area contributed by atoms with Crippen LogP contribution in [0.25, 0.3) is 0 Å². The number of aryl methyl sites for hydroxylation is 2. The molecule has 0 aliphatic heterocycles. The van der Waals surface area contributed by atoms with Crippen LogP contribution in [0.15, 0.2) is 12.1 Å². The van der Waals surface area contributed by atoms with Gasteiger partial charge in [0, 0.05) is 0 Å². The van der Waals surface area contributed by atoms with Crippen LogP contribution in [0.4, 0.5) is 0 Å². The van der Waals surface area contributed by atoms with Gasteiger partial charge in [-0.05, 0) is 49.1 Å². The van der Waals surface area contributed by atoms with E-state index in [1.807, 2.05) is 26.0 Å². The lowest BCUT2D eigenvalue weighted by Crippen LogP contribution is -2.01. The Bertz CT molecular complexity index is 332. The van der Waals surface area contributed by atoms with Crippen molar-refractivity contribution < 1.29 is 9.84 Å². The van der Waals surface area contributed by atoms with Crippen molar-refractivity contribution in [1.29, 1.82) is 0 Å². The average Bonchev–Trinajstić information content (AvgIpc) is 2.21. The molecule has 0 aromatic heterocycles. The molecule has 0 saturated carbocycles. The summed E-state index contributed by atoms with van der Waals surface area (Å²) in [7, 11) is 1.67. The SMILES string of the molecule is CCCC(O)c1cc(C)c(OC)cc1C. The molecule has 0 aliphatic rings. The minimum Gasteiger partial charge on any atom is -0.496 e. The van der Waals surface area contributed by atoms with E-state index >= 15 is 0 Å². The first-order valence-electron chi connectivity index (χ1n) is 5.43. The maximum atomic E-state index is 9.95. The van der Waals surface area contributed by atoms with Gasteiger partial charge in [-0.25, -0.2) is 0 Å². The van der Waals surface area contributed by atoms with E-state index in [4.69, 9.17) is 4.74 Å². The summed E-state index contributed by atoms with van der Waals surface area (Å²) in [5.74, 6) is 0.889. The highest BCUT2D eigenvalue weighted by atomic mass is 16.5. The molecule has 0 aliphatic carbocycles. The molecule has 1 atom stereocenters. The van der Waals surface area contributed by atoms with E-state index < -0.39 is 0 Å². The summed E-state index contributed by atoms with van der Waals surface area (Å²) < 4.78 is 5.24. The highest BCUT2D eigenvalue weighted by Gasteiger charge is 2.11. The lowest BCUT2D eigenvalue weighted by atomic mass is 9.97. The molecule has 2 nitrogen and oxygen atoms in total. The predicted molar refractivity (Wildman–Crippen MR) is 62.3 cm³/mol. The molecule has 0 spiro atoms. The Balaban J connectivity index is 3.04. The van der Waals surface area contributed by atoms with Crippen molar-refractivity contribution in [3.63, 3.8) is 0 Å². The molecule has 0 heterocycles. The van der Waals surface area contributed by atoms with Crippen molar-refractivity contribution in [2.24, 2.45) is 0 Å². The van der Waals surface area contributed by atoms with Gasteiger partial charge in [-0.1, -0.05) is 13.3 Å². The van der Waals surface area contributed by atoms with E-state index in [0.717, 1.165) is 35.3 Å². The first-order chi connectivity index (χ1) is 7.10. The van der Waals surface area contributed by atoms with Gasteiger partial charge in [0.2, 0.25) is 0 Å². The Morgan fingerprint density at radius 3 is 2.47 bits per heavy atom. The second-order valence-corrected chi connectivity index (χ2v) is 3.98. The molecule has 1 unspecified atom stereocenters. The van der Waals surface area contributed by atoms with Crippen LogP contribution in [-0.4, -0.2) is 12.2 Å². The van der Waals surface area contributed by atoms with Crippen molar-refractivity contribution in [2.75, 3.05) is 7.11 Å². The molecular formula is C13H20O2. The van der Waals surface area contributed by atoms with Crippen molar-refractivity contribution >= 4 is 0 Å². The molecule has 2 heteroatoms. The fraction of sp³-hybridized carbons (Fsp3) is 0.538. The molecule has 0 bridgehead atoms. The number of rotatable bonds is 4. The number of hydrogen-bond acceptors (Lipinski definition) is 2. The van der Waals surface area contributed by atoms with E-state index in [1.165, 1.54) is 0 Å². The van der Waals surface area contributed by atoms with E-state index in [-0.39, 0.29) is 6.10 Å². The van der Waals surface area contributed by atoms with Crippen LogP contribution in [-0.2, 0) is 0 Å². The molecule has 0 radical (unpaired) electrons. The van der Waals surface area contributed by atoms with Gasteiger partial charge in [0.1, 0.15) is 5.75 Å². The number of aliphatic hydroxyl groups is 1. The zero-order valence-corrected chi connectivity index (χ0v) is 10.0. The van der Waals surface area contributed by atoms with Gasteiger partial charge in [0.05, 0.1) is 13.2 Å². The van der Waals surface area contributed by atoms with Crippen LogP contribution < -0.4 is 4.74 Å². The van der Waals surface area contributed by atoms with Crippen LogP contribution in [0.2, 0.25) is 0 Å². The summed E-state index contributed by atoms with van der Waals surface area (Å²) >= 11 is 0. The summed E-state index contributed by atoms with van der Waals surface area (Å²) in [6.07, 6.45) is 1.46. The number of methoxy groups -OCH3 is 1. The third-order valence-electron chi connectivity index (χ3n) is 2.70. The van der Waals surface area contributed by atoms with Crippen LogP contribution in [0.5, 0.6) is 5.75 Å². The Labute approximate surface area is 91.9 Å². The second-order valence-electron chi connectivity index (χ2n) is 3.98. The Kier molecular flexibility index (Phi) is 4.15. The quantitative estimate of drug-likeness (QED) is 0.823. The summed E-state index contributed by atoms with van der Waals surface area (Å²) in [6, 6.07) is 4.01. The van der Waals surface area contributed by atoms with Gasteiger partial charge < -0.3 is 9.84 Å². The van der Waals surface area contributed by atoms with Gasteiger partial charge in [-0.2, -0.15) is 0 Å². The van der Waals surface area contributed by atoms with Gasteiger partial charge in [0.25, 0.3) is 0 Å². The van der Waals surface area contributed by atoms with Gasteiger partial charge in [0.15, 0.2) is 0 Å². The first kappa shape index (κ1) is 12.1. The maximum absolute atomic E-state index is 9.95. The maximum Gasteiger partial charge on any atom is 0.122 e. The zero-order chi connectivity index (χ0) is 11.4. The van der Waals surface area contributed by atoms with E-state index in [1.54, 1.807) is 7.11 Å². The lowest BCUT2D eigenvalue weighted by Gasteiger charge is -2.15. The summed E-state index contributed by atoms with van der Waals surface area (Å²) in [5, 5.41) is 9.95. The highest BCUT2D eigenvalue weighted by molar-refractivity contribution is 5.42. The van der Waals surface area contributed by atoms with E-state index in [2.05, 4.69) is 6.92 Å². The smallest absolute Gasteiger partial charge is 0.122 e. The van der Waals surface area contributed by atoms with Crippen molar-refractivity contribution in [2.45, 2.75) is 39.7 Å². The van der Waals surface area contributed by atoms with E-state index in [0.29, 0.717) is 0 Å². The van der Waals surface area contributed by atoms with Crippen LogP contribution >= 0.6 is 0 Å². The van der Waals surface area contributed by atoms with Gasteiger partial charge >= 0.3 is 0 Å². The molecule has 0 fully saturated rings. The topological polar surface area (TPSA) is 29.5 Å². The fourth-order valence-corrected chi connectivity index (χ4v) is 1.82. The van der Waals surface area contributed by atoms with Gasteiger partial charge in [-0.15, -0.1) is 0 Å². The molecule has 0 saturated heterocycles. The number of ether oxygens (including phenoxy) is 1. The Morgan fingerprint density at radius 2 is 1.93 bits per heavy atom. The third kappa shape index (κ3) is 2.72. The number of hydrogen-bond donors (Lipinski definition) is 1. The summed E-state index contributed by atoms with van der Waals surface area (Å²) in [5.41, 5.74) is 3.20. The van der Waals surface area contributed by atoms with Crippen LogP contribution in [0, 0.1) is 13.8 Å². The fourth-order valence-electron chi connectivity index (χ4n) is 1.82. The minimum atomic E-state index is -0.348. The Morgan fingerprint density at radius 1 is 1.27 bits per heavy atom. The molecule has 1 aromatic carbocycles. The minimum absolute atomic E-state index is 0.348. The zero-order valence-electron chi connectivity index (χ0n) is 10.0. The first-order valence-corrected chi connectivity index (χ1v) is 5.43. The van der Waals surface area contributed by atoms with Crippen molar-refractivity contribution in [3.05, 3.63) is 28.8 Å². The lowest BCUT2D eigenvalue weighted by molar-refractivity contribution is 0.165. The summed E-state index contributed by atoms with van der Waals surface area (Å²) in [4.78, 5) is 0. The molecule has 84 valence electrons. The third-order valence-corrected chi connectivity index (χ3v) is 2.70. The standard InChI is InChI=1S/C13H20O2/c1-5-6-12(14)11-7-10(3)13(15-4)8-9(11)2/h7-8,12,14H,5-6H2,1-4H3. The molecule has 15 heavy (non-hydrogen) atoms. The largest absolute Gasteiger partial charge is 0.496 e. The van der Waals surface area contributed by atoms with Crippen LogP contribution in [0.3, 0.4) is 0 Å². The van der Waals surface area contributed by atoms with Crippen molar-refractivity contribution in [1.82, 2.24) is 0 Å². The second kappa shape index (κ2) is 5.17. The molecule has 1 N–H and O–H groups in total. The average molecular weight is 208 g/mol. The van der Waals surface area contributed by atoms with Crippen molar-refractivity contribution in [3.8, 4) is 5.75 Å². The molecule has 1 rings (SSSR count). The number of aliphatic hydroxyl groups excluding tert-OH is 1. The van der Waals surface area contributed by atoms with E-state index in [9.17, 15) is 5.11 Å².